The fourth-order valence-corrected chi connectivity index (χ4v) is 3.46. The Morgan fingerprint density at radius 1 is 1.29 bits per heavy atom. The van der Waals surface area contributed by atoms with Crippen molar-refractivity contribution in [1.29, 1.82) is 0 Å². The number of urea groups is 1. The topological polar surface area (TPSA) is 110 Å². The third kappa shape index (κ3) is 3.77. The molecule has 1 aliphatic rings. The minimum atomic E-state index is -1.02. The van der Waals surface area contributed by atoms with Gasteiger partial charge in [0.05, 0.1) is 19.9 Å². The first-order chi connectivity index (χ1) is 13.2. The third-order valence-electron chi connectivity index (χ3n) is 4.18. The van der Waals surface area contributed by atoms with Gasteiger partial charge in [0.25, 0.3) is 5.91 Å². The summed E-state index contributed by atoms with van der Waals surface area (Å²) in [6.07, 6.45) is 0. The molecule has 1 fully saturated rings. The molecular formula is C18H20N4O5S. The molecule has 0 atom stereocenters. The molecule has 1 saturated heterocycles. The fourth-order valence-electron chi connectivity index (χ4n) is 2.73. The summed E-state index contributed by atoms with van der Waals surface area (Å²) in [5.74, 6) is 0.300. The van der Waals surface area contributed by atoms with Crippen molar-refractivity contribution < 1.29 is 23.9 Å². The Labute approximate surface area is 165 Å². The number of carbonyl (C=O) groups excluding carboxylic acids is 3. The lowest BCUT2D eigenvalue weighted by Gasteiger charge is -2.15. The van der Waals surface area contributed by atoms with E-state index < -0.39 is 23.4 Å². The van der Waals surface area contributed by atoms with Crippen LogP contribution in [0, 0.1) is 0 Å². The number of imide groups is 1. The van der Waals surface area contributed by atoms with Crippen LogP contribution in [-0.2, 0) is 9.59 Å². The van der Waals surface area contributed by atoms with Gasteiger partial charge < -0.3 is 20.1 Å². The Morgan fingerprint density at radius 2 is 2.04 bits per heavy atom. The van der Waals surface area contributed by atoms with Gasteiger partial charge in [-0.1, -0.05) is 0 Å². The maximum absolute atomic E-state index is 12.3. The summed E-state index contributed by atoms with van der Waals surface area (Å²) in [5, 5.41) is 7.26. The summed E-state index contributed by atoms with van der Waals surface area (Å²) < 4.78 is 10.6. The van der Waals surface area contributed by atoms with Crippen LogP contribution in [0.3, 0.4) is 0 Å². The number of aromatic nitrogens is 1. The molecule has 0 bridgehead atoms. The van der Waals surface area contributed by atoms with Crippen molar-refractivity contribution in [1.82, 2.24) is 15.2 Å². The number of methoxy groups -OCH3 is 2. The zero-order valence-electron chi connectivity index (χ0n) is 15.9. The van der Waals surface area contributed by atoms with Crippen molar-refractivity contribution in [3.8, 4) is 22.8 Å². The third-order valence-corrected chi connectivity index (χ3v) is 4.94. The van der Waals surface area contributed by atoms with Gasteiger partial charge in [-0.25, -0.2) is 9.78 Å². The molecule has 1 aromatic heterocycles. The summed E-state index contributed by atoms with van der Waals surface area (Å²) in [6, 6.07) is 4.74. The highest BCUT2D eigenvalue weighted by Gasteiger charge is 2.44. The summed E-state index contributed by atoms with van der Waals surface area (Å²) in [5.41, 5.74) is 0.302. The van der Waals surface area contributed by atoms with Crippen LogP contribution in [0.25, 0.3) is 11.3 Å². The lowest BCUT2D eigenvalue weighted by molar-refractivity contribution is -0.132. The smallest absolute Gasteiger partial charge is 0.325 e. The van der Waals surface area contributed by atoms with Crippen molar-refractivity contribution in [2.45, 2.75) is 19.4 Å². The summed E-state index contributed by atoms with van der Waals surface area (Å²) in [7, 11) is 3.12. The van der Waals surface area contributed by atoms with Crippen LogP contribution in [0.15, 0.2) is 23.6 Å². The zero-order valence-corrected chi connectivity index (χ0v) is 16.7. The second-order valence-corrected chi connectivity index (χ2v) is 7.46. The van der Waals surface area contributed by atoms with Crippen LogP contribution < -0.4 is 20.1 Å². The van der Waals surface area contributed by atoms with E-state index in [1.54, 1.807) is 51.6 Å². The molecule has 0 saturated carbocycles. The highest BCUT2D eigenvalue weighted by molar-refractivity contribution is 7.14. The lowest BCUT2D eigenvalue weighted by Crippen LogP contribution is -2.41. The molecule has 10 heteroatoms. The van der Waals surface area contributed by atoms with E-state index in [4.69, 9.17) is 9.47 Å². The lowest BCUT2D eigenvalue weighted by atomic mass is 10.1. The molecule has 28 heavy (non-hydrogen) atoms. The van der Waals surface area contributed by atoms with Gasteiger partial charge in [-0.15, -0.1) is 11.3 Å². The quantitative estimate of drug-likeness (QED) is 0.714. The van der Waals surface area contributed by atoms with Crippen molar-refractivity contribution in [2.75, 3.05) is 26.1 Å². The molecule has 3 rings (SSSR count). The van der Waals surface area contributed by atoms with Crippen LogP contribution >= 0.6 is 11.3 Å². The first-order valence-corrected chi connectivity index (χ1v) is 9.25. The molecule has 0 aliphatic carbocycles. The number of carbonyl (C=O) groups is 3. The normalized spacial score (nSPS) is 15.4. The van der Waals surface area contributed by atoms with E-state index in [2.05, 4.69) is 15.6 Å². The molecule has 2 N–H and O–H groups in total. The molecule has 0 spiro atoms. The van der Waals surface area contributed by atoms with Crippen LogP contribution in [0.2, 0.25) is 0 Å². The number of ether oxygens (including phenoxy) is 2. The van der Waals surface area contributed by atoms with Crippen LogP contribution in [0.1, 0.15) is 13.8 Å². The Kier molecular flexibility index (Phi) is 5.23. The number of amides is 4. The van der Waals surface area contributed by atoms with Gasteiger partial charge in [-0.3, -0.25) is 14.5 Å². The molecule has 1 aromatic carbocycles. The minimum absolute atomic E-state index is 0.344. The monoisotopic (exact) mass is 404 g/mol. The van der Waals surface area contributed by atoms with Gasteiger partial charge >= 0.3 is 6.03 Å². The first-order valence-electron chi connectivity index (χ1n) is 8.37. The van der Waals surface area contributed by atoms with Crippen LogP contribution in [-0.4, -0.2) is 54.0 Å². The molecule has 2 aromatic rings. The van der Waals surface area contributed by atoms with Gasteiger partial charge in [0.15, 0.2) is 5.13 Å². The number of thiazole rings is 1. The maximum Gasteiger partial charge on any atom is 0.325 e. The molecule has 148 valence electrons. The van der Waals surface area contributed by atoms with Gasteiger partial charge in [-0.05, 0) is 32.0 Å². The summed E-state index contributed by atoms with van der Waals surface area (Å²) in [4.78, 5) is 41.6. The van der Waals surface area contributed by atoms with E-state index in [9.17, 15) is 14.4 Å². The zero-order chi connectivity index (χ0) is 20.5. The minimum Gasteiger partial charge on any atom is -0.497 e. The molecule has 4 amide bonds. The molecule has 2 heterocycles. The highest BCUT2D eigenvalue weighted by Crippen LogP contribution is 2.35. The Bertz CT molecular complexity index is 940. The van der Waals surface area contributed by atoms with Crippen LogP contribution in [0.4, 0.5) is 9.93 Å². The largest absolute Gasteiger partial charge is 0.497 e. The highest BCUT2D eigenvalue weighted by atomic mass is 32.1. The van der Waals surface area contributed by atoms with E-state index in [0.29, 0.717) is 22.3 Å². The van der Waals surface area contributed by atoms with E-state index in [1.165, 1.54) is 11.3 Å². The Morgan fingerprint density at radius 3 is 2.64 bits per heavy atom. The predicted octanol–water partition coefficient (Wildman–Crippen LogP) is 2.10. The standard InChI is InChI=1S/C18H20N4O5S/c1-18(2)15(24)22(17(25)21-18)8-14(23)20-16-19-12(9-28-16)11-7-10(26-3)5-6-13(11)27-4/h5-7,9H,8H2,1-4H3,(H,21,25)(H,19,20,23). The Hall–Kier alpha value is -3.14. The molecule has 0 unspecified atom stereocenters. The number of hydrogen-bond acceptors (Lipinski definition) is 7. The van der Waals surface area contributed by atoms with Gasteiger partial charge in [-0.2, -0.15) is 0 Å². The predicted molar refractivity (Wildman–Crippen MR) is 104 cm³/mol. The molecule has 0 radical (unpaired) electrons. The number of nitrogens with zero attached hydrogens (tertiary/aromatic N) is 2. The average molecular weight is 404 g/mol. The van der Waals surface area contributed by atoms with Crippen molar-refractivity contribution >= 4 is 34.3 Å². The first kappa shape index (κ1) is 19.6. The second kappa shape index (κ2) is 7.47. The van der Waals surface area contributed by atoms with Crippen molar-refractivity contribution in [3.63, 3.8) is 0 Å². The Balaban J connectivity index is 1.72. The second-order valence-electron chi connectivity index (χ2n) is 6.60. The van der Waals surface area contributed by atoms with E-state index in [-0.39, 0.29) is 6.54 Å². The fraction of sp³-hybridized carbons (Fsp3) is 0.333. The maximum atomic E-state index is 12.3. The number of nitrogens with one attached hydrogen (secondary N) is 2. The molecule has 1 aliphatic heterocycles. The summed E-state index contributed by atoms with van der Waals surface area (Å²) in [6.45, 7) is 2.78. The summed E-state index contributed by atoms with van der Waals surface area (Å²) >= 11 is 1.22. The van der Waals surface area contributed by atoms with E-state index >= 15 is 0 Å². The number of rotatable bonds is 6. The number of hydrogen-bond donors (Lipinski definition) is 2. The van der Waals surface area contributed by atoms with Crippen LogP contribution in [0.5, 0.6) is 11.5 Å². The van der Waals surface area contributed by atoms with E-state index in [1.807, 2.05) is 0 Å². The average Bonchev–Trinajstić information content (AvgIpc) is 3.19. The SMILES string of the molecule is COc1ccc(OC)c(-c2csc(NC(=O)CN3C(=O)NC(C)(C)C3=O)n2)c1. The van der Waals surface area contributed by atoms with Gasteiger partial charge in [0.2, 0.25) is 5.91 Å². The number of anilines is 1. The van der Waals surface area contributed by atoms with E-state index in [0.717, 1.165) is 10.5 Å². The van der Waals surface area contributed by atoms with Gasteiger partial charge in [0, 0.05) is 10.9 Å². The van der Waals surface area contributed by atoms with Crippen molar-refractivity contribution in [2.24, 2.45) is 0 Å². The van der Waals surface area contributed by atoms with Gasteiger partial charge in [0.1, 0.15) is 23.6 Å². The molecule has 9 nitrogen and oxygen atoms in total. The van der Waals surface area contributed by atoms with Crippen molar-refractivity contribution in [3.05, 3.63) is 23.6 Å². The molecular weight excluding hydrogens is 384 g/mol. The number of benzene rings is 1.